The van der Waals surface area contributed by atoms with Crippen molar-refractivity contribution in [2.24, 2.45) is 11.8 Å². The number of carbonyl (C=O) groups is 3. The largest absolute Gasteiger partial charge is 0.372 e. The molecule has 3 saturated heterocycles. The van der Waals surface area contributed by atoms with E-state index in [1.165, 1.54) is 0 Å². The number of morpholine rings is 1. The molecule has 3 atom stereocenters. The predicted octanol–water partition coefficient (Wildman–Crippen LogP) is 2.22. The fourth-order valence-corrected chi connectivity index (χ4v) is 5.07. The monoisotopic (exact) mass is 427 g/mol. The van der Waals surface area contributed by atoms with Gasteiger partial charge in [-0.3, -0.25) is 14.4 Å². The Labute approximate surface area is 184 Å². The van der Waals surface area contributed by atoms with Crippen LogP contribution in [-0.2, 0) is 19.1 Å². The van der Waals surface area contributed by atoms with E-state index in [1.807, 2.05) is 54.8 Å². The first kappa shape index (κ1) is 21.8. The maximum absolute atomic E-state index is 13.1. The summed E-state index contributed by atoms with van der Waals surface area (Å²) < 4.78 is 5.74. The zero-order valence-electron chi connectivity index (χ0n) is 18.8. The molecule has 0 aliphatic carbocycles. The number of ether oxygens (including phenoxy) is 1. The van der Waals surface area contributed by atoms with Crippen molar-refractivity contribution in [1.82, 2.24) is 9.80 Å². The Hall–Kier alpha value is -2.41. The first-order chi connectivity index (χ1) is 14.8. The molecule has 0 radical (unpaired) electrons. The summed E-state index contributed by atoms with van der Waals surface area (Å²) in [5.41, 5.74) is 1.99. The number of carbonyl (C=O) groups excluding carboxylic acids is 3. The third kappa shape index (κ3) is 4.76. The van der Waals surface area contributed by atoms with Crippen molar-refractivity contribution in [3.63, 3.8) is 0 Å². The smallest absolute Gasteiger partial charge is 0.228 e. The fourth-order valence-electron chi connectivity index (χ4n) is 5.07. The molecule has 31 heavy (non-hydrogen) atoms. The number of benzene rings is 1. The van der Waals surface area contributed by atoms with Crippen molar-refractivity contribution < 1.29 is 19.1 Å². The lowest BCUT2D eigenvalue weighted by molar-refractivity contribution is -0.150. The van der Waals surface area contributed by atoms with Crippen molar-refractivity contribution >= 4 is 23.4 Å². The molecular weight excluding hydrogens is 394 g/mol. The summed E-state index contributed by atoms with van der Waals surface area (Å²) in [7, 11) is 0. The van der Waals surface area contributed by atoms with Crippen molar-refractivity contribution in [2.45, 2.75) is 52.2 Å². The van der Waals surface area contributed by atoms with Gasteiger partial charge < -0.3 is 19.4 Å². The topological polar surface area (TPSA) is 70.2 Å². The first-order valence-electron chi connectivity index (χ1n) is 11.4. The van der Waals surface area contributed by atoms with E-state index in [0.717, 1.165) is 11.3 Å². The Kier molecular flexibility index (Phi) is 6.32. The summed E-state index contributed by atoms with van der Waals surface area (Å²) in [5, 5.41) is 0. The molecule has 168 valence electrons. The van der Waals surface area contributed by atoms with E-state index >= 15 is 0 Å². The molecule has 7 nitrogen and oxygen atoms in total. The summed E-state index contributed by atoms with van der Waals surface area (Å²) in [6.07, 6.45) is 1.76. The van der Waals surface area contributed by atoms with Crippen LogP contribution in [0.3, 0.4) is 0 Å². The number of piperidine rings is 1. The van der Waals surface area contributed by atoms with E-state index in [-0.39, 0.29) is 48.2 Å². The predicted molar refractivity (Wildman–Crippen MR) is 118 cm³/mol. The molecular formula is C24H33N3O4. The van der Waals surface area contributed by atoms with Gasteiger partial charge in [0.25, 0.3) is 0 Å². The normalized spacial score (nSPS) is 27.6. The third-order valence-corrected chi connectivity index (χ3v) is 6.71. The molecule has 3 aliphatic rings. The van der Waals surface area contributed by atoms with Crippen LogP contribution in [0.2, 0.25) is 0 Å². The van der Waals surface area contributed by atoms with Crippen LogP contribution in [0.1, 0.15) is 38.7 Å². The Morgan fingerprint density at radius 1 is 0.871 bits per heavy atom. The number of rotatable bonds is 3. The van der Waals surface area contributed by atoms with E-state index in [4.69, 9.17) is 4.74 Å². The van der Waals surface area contributed by atoms with Crippen LogP contribution in [0.15, 0.2) is 24.3 Å². The van der Waals surface area contributed by atoms with Gasteiger partial charge >= 0.3 is 0 Å². The van der Waals surface area contributed by atoms with Crippen LogP contribution in [0.25, 0.3) is 0 Å². The molecule has 0 saturated carbocycles. The highest BCUT2D eigenvalue weighted by atomic mass is 16.5. The molecule has 0 N–H and O–H groups in total. The Bertz CT molecular complexity index is 822. The van der Waals surface area contributed by atoms with Gasteiger partial charge in [-0.2, -0.15) is 0 Å². The Balaban J connectivity index is 1.31. The van der Waals surface area contributed by atoms with E-state index in [1.54, 1.807) is 4.90 Å². The van der Waals surface area contributed by atoms with Crippen molar-refractivity contribution in [3.8, 4) is 0 Å². The molecule has 1 aromatic rings. The number of hydrogen-bond donors (Lipinski definition) is 0. The average Bonchev–Trinajstić information content (AvgIpc) is 3.14. The zero-order chi connectivity index (χ0) is 22.1. The van der Waals surface area contributed by atoms with Gasteiger partial charge in [-0.15, -0.1) is 0 Å². The van der Waals surface area contributed by atoms with E-state index in [9.17, 15) is 14.4 Å². The average molecular weight is 428 g/mol. The third-order valence-electron chi connectivity index (χ3n) is 6.71. The van der Waals surface area contributed by atoms with Gasteiger partial charge in [-0.05, 0) is 45.7 Å². The number of likely N-dealkylation sites (tertiary alicyclic amines) is 1. The highest BCUT2D eigenvalue weighted by Crippen LogP contribution is 2.29. The summed E-state index contributed by atoms with van der Waals surface area (Å²) in [6, 6.07) is 7.83. The summed E-state index contributed by atoms with van der Waals surface area (Å²) in [4.78, 5) is 44.1. The molecule has 3 fully saturated rings. The Morgan fingerprint density at radius 2 is 1.45 bits per heavy atom. The second-order valence-corrected chi connectivity index (χ2v) is 9.34. The lowest BCUT2D eigenvalue weighted by Gasteiger charge is -2.39. The number of nitrogens with zero attached hydrogens (tertiary/aromatic N) is 3. The van der Waals surface area contributed by atoms with Gasteiger partial charge in [-0.1, -0.05) is 17.7 Å². The number of amides is 3. The molecule has 3 amide bonds. The van der Waals surface area contributed by atoms with E-state index in [0.29, 0.717) is 45.6 Å². The van der Waals surface area contributed by atoms with Gasteiger partial charge in [0.05, 0.1) is 18.1 Å². The van der Waals surface area contributed by atoms with Crippen molar-refractivity contribution in [1.29, 1.82) is 0 Å². The second kappa shape index (κ2) is 8.99. The fraction of sp³-hybridized carbons (Fsp3) is 0.625. The molecule has 4 rings (SSSR count). The van der Waals surface area contributed by atoms with Crippen LogP contribution in [0.5, 0.6) is 0 Å². The van der Waals surface area contributed by atoms with Crippen molar-refractivity contribution in [2.75, 3.05) is 37.6 Å². The van der Waals surface area contributed by atoms with Crippen LogP contribution >= 0.6 is 0 Å². The van der Waals surface area contributed by atoms with E-state index < -0.39 is 0 Å². The molecule has 0 spiro atoms. The highest BCUT2D eigenvalue weighted by Gasteiger charge is 2.39. The van der Waals surface area contributed by atoms with Gasteiger partial charge in [-0.25, -0.2) is 0 Å². The zero-order valence-corrected chi connectivity index (χ0v) is 18.8. The molecule has 0 unspecified atom stereocenters. The minimum atomic E-state index is -0.304. The van der Waals surface area contributed by atoms with Crippen LogP contribution in [-0.4, -0.2) is 72.5 Å². The number of hydrogen-bond acceptors (Lipinski definition) is 4. The molecule has 3 aliphatic heterocycles. The van der Waals surface area contributed by atoms with Gasteiger partial charge in [0.2, 0.25) is 17.7 Å². The lowest BCUT2D eigenvalue weighted by Crippen LogP contribution is -2.52. The summed E-state index contributed by atoms with van der Waals surface area (Å²) >= 11 is 0. The minimum absolute atomic E-state index is 0.00261. The van der Waals surface area contributed by atoms with Crippen LogP contribution in [0, 0.1) is 18.8 Å². The molecule has 0 bridgehead atoms. The molecule has 7 heteroatoms. The molecule has 1 aromatic carbocycles. The first-order valence-corrected chi connectivity index (χ1v) is 11.4. The summed E-state index contributed by atoms with van der Waals surface area (Å²) in [5.74, 6) is -0.0983. The van der Waals surface area contributed by atoms with Gasteiger partial charge in [0, 0.05) is 50.7 Å². The molecule has 0 aromatic heterocycles. The lowest BCUT2D eigenvalue weighted by atomic mass is 9.93. The van der Waals surface area contributed by atoms with E-state index in [2.05, 4.69) is 0 Å². The van der Waals surface area contributed by atoms with Gasteiger partial charge in [0.15, 0.2) is 0 Å². The SMILES string of the molecule is Cc1ccc(N2C[C@H](C(=O)N3CCC(C(=O)N4C[C@@H](C)O[C@@H](C)C4)CC3)CC2=O)cc1. The standard InChI is InChI=1S/C24H33N3O4/c1-16-4-6-21(7-5-16)27-15-20(12-22(27)28)24(30)25-10-8-19(9-11-25)23(29)26-13-17(2)31-18(3)14-26/h4-7,17-20H,8-15H2,1-3H3/t17-,18+,20-/m1/s1. The van der Waals surface area contributed by atoms with Crippen LogP contribution < -0.4 is 4.90 Å². The number of aryl methyl sites for hydroxylation is 1. The second-order valence-electron chi connectivity index (χ2n) is 9.34. The number of anilines is 1. The maximum Gasteiger partial charge on any atom is 0.228 e. The quantitative estimate of drug-likeness (QED) is 0.742. The van der Waals surface area contributed by atoms with Crippen molar-refractivity contribution in [3.05, 3.63) is 29.8 Å². The maximum atomic E-state index is 13.1. The van der Waals surface area contributed by atoms with Gasteiger partial charge in [0.1, 0.15) is 0 Å². The Morgan fingerprint density at radius 3 is 2.06 bits per heavy atom. The minimum Gasteiger partial charge on any atom is -0.372 e. The highest BCUT2D eigenvalue weighted by molar-refractivity contribution is 6.00. The van der Waals surface area contributed by atoms with Crippen LogP contribution in [0.4, 0.5) is 5.69 Å². The molecule has 3 heterocycles. The summed E-state index contributed by atoms with van der Waals surface area (Å²) in [6.45, 7) is 8.89.